The Hall–Kier alpha value is -2.86. The number of carbonyl (C=O) groups excluding carboxylic acids is 1. The van der Waals surface area contributed by atoms with Crippen LogP contribution in [0.15, 0.2) is 78.9 Å². The molecule has 1 heterocycles. The van der Waals surface area contributed by atoms with Crippen LogP contribution >= 0.6 is 11.6 Å². The lowest BCUT2D eigenvalue weighted by atomic mass is 9.95. The average molecular weight is 507 g/mol. The summed E-state index contributed by atoms with van der Waals surface area (Å²) in [6, 6.07) is 25.9. The highest BCUT2D eigenvalue weighted by molar-refractivity contribution is 6.30. The van der Waals surface area contributed by atoms with E-state index in [2.05, 4.69) is 24.0 Å². The molecule has 0 saturated carbocycles. The van der Waals surface area contributed by atoms with E-state index >= 15 is 0 Å². The lowest BCUT2D eigenvalue weighted by Crippen LogP contribution is -2.50. The van der Waals surface area contributed by atoms with Crippen molar-refractivity contribution in [2.24, 2.45) is 0 Å². The normalized spacial score (nSPS) is 15.9. The molecule has 0 aliphatic carbocycles. The maximum atomic E-state index is 13.3. The lowest BCUT2D eigenvalue weighted by molar-refractivity contribution is -0.135. The van der Waals surface area contributed by atoms with Gasteiger partial charge < -0.3 is 14.4 Å². The first kappa shape index (κ1) is 26.2. The van der Waals surface area contributed by atoms with Gasteiger partial charge in [0.15, 0.2) is 0 Å². The predicted octanol–water partition coefficient (Wildman–Crippen LogP) is 5.94. The molecule has 1 fully saturated rings. The van der Waals surface area contributed by atoms with E-state index < -0.39 is 0 Å². The van der Waals surface area contributed by atoms with E-state index in [-0.39, 0.29) is 17.9 Å². The standard InChI is InChI=1S/C30H35ClN2O3/c1-3-28(24-9-5-4-6-10-24)30(34)33-18-16-32(17-19-33)21-29(25-12-14-26(31)15-13-25)36-22-23-8-7-11-27(20-23)35-2/h4-15,20,28-29H,3,16-19,21-22H2,1-2H3/t28-,29-/m1/s1. The summed E-state index contributed by atoms with van der Waals surface area (Å²) in [5.74, 6) is 0.971. The second-order valence-electron chi connectivity index (χ2n) is 9.20. The Bertz CT molecular complexity index is 1100. The van der Waals surface area contributed by atoms with Crippen LogP contribution in [0.1, 0.15) is 42.1 Å². The van der Waals surface area contributed by atoms with Crippen LogP contribution in [0.4, 0.5) is 0 Å². The Labute approximate surface area is 219 Å². The summed E-state index contributed by atoms with van der Waals surface area (Å²) in [4.78, 5) is 17.7. The smallest absolute Gasteiger partial charge is 0.230 e. The quantitative estimate of drug-likeness (QED) is 0.341. The minimum Gasteiger partial charge on any atom is -0.497 e. The number of nitrogens with zero attached hydrogens (tertiary/aromatic N) is 2. The third-order valence-electron chi connectivity index (χ3n) is 6.84. The molecule has 0 spiro atoms. The minimum atomic E-state index is -0.108. The molecular weight excluding hydrogens is 472 g/mol. The van der Waals surface area contributed by atoms with Gasteiger partial charge in [-0.2, -0.15) is 0 Å². The van der Waals surface area contributed by atoms with Gasteiger partial charge in [0.05, 0.1) is 25.7 Å². The number of benzene rings is 3. The molecule has 1 saturated heterocycles. The van der Waals surface area contributed by atoms with Crippen LogP contribution in [0, 0.1) is 0 Å². The largest absolute Gasteiger partial charge is 0.497 e. The summed E-state index contributed by atoms with van der Waals surface area (Å²) in [7, 11) is 1.67. The maximum absolute atomic E-state index is 13.3. The average Bonchev–Trinajstić information content (AvgIpc) is 2.93. The highest BCUT2D eigenvalue weighted by Crippen LogP contribution is 2.26. The number of rotatable bonds is 10. The Morgan fingerprint density at radius 3 is 2.31 bits per heavy atom. The van der Waals surface area contributed by atoms with Crippen molar-refractivity contribution in [1.82, 2.24) is 9.80 Å². The molecule has 0 unspecified atom stereocenters. The second-order valence-corrected chi connectivity index (χ2v) is 9.64. The molecule has 4 rings (SSSR count). The minimum absolute atomic E-state index is 0.0780. The Balaban J connectivity index is 1.38. The van der Waals surface area contributed by atoms with Crippen molar-refractivity contribution < 1.29 is 14.3 Å². The van der Waals surface area contributed by atoms with Gasteiger partial charge in [-0.25, -0.2) is 0 Å². The molecule has 1 aliphatic heterocycles. The van der Waals surface area contributed by atoms with Crippen molar-refractivity contribution in [3.05, 3.63) is 101 Å². The van der Waals surface area contributed by atoms with Gasteiger partial charge in [0.2, 0.25) is 5.91 Å². The van der Waals surface area contributed by atoms with Crippen LogP contribution in [0.5, 0.6) is 5.75 Å². The van der Waals surface area contributed by atoms with Crippen LogP contribution in [0.2, 0.25) is 5.02 Å². The third-order valence-corrected chi connectivity index (χ3v) is 7.10. The molecule has 190 valence electrons. The highest BCUT2D eigenvalue weighted by Gasteiger charge is 2.28. The number of amides is 1. The summed E-state index contributed by atoms with van der Waals surface area (Å²) in [6.45, 7) is 6.42. The molecule has 2 atom stereocenters. The SMILES string of the molecule is CC[C@@H](C(=O)N1CCN(C[C@@H](OCc2cccc(OC)c2)c2ccc(Cl)cc2)CC1)c1ccccc1. The van der Waals surface area contributed by atoms with E-state index in [0.717, 1.165) is 61.6 Å². The van der Waals surface area contributed by atoms with E-state index in [0.29, 0.717) is 11.6 Å². The number of methoxy groups -OCH3 is 1. The number of halogens is 1. The zero-order chi connectivity index (χ0) is 25.3. The zero-order valence-electron chi connectivity index (χ0n) is 21.1. The third kappa shape index (κ3) is 6.88. The predicted molar refractivity (Wildman–Crippen MR) is 144 cm³/mol. The molecular formula is C30H35ClN2O3. The second kappa shape index (κ2) is 12.9. The molecule has 6 heteroatoms. The van der Waals surface area contributed by atoms with Crippen molar-refractivity contribution in [2.75, 3.05) is 39.8 Å². The van der Waals surface area contributed by atoms with Crippen LogP contribution in [-0.4, -0.2) is 55.5 Å². The van der Waals surface area contributed by atoms with E-state index in [1.165, 1.54) is 0 Å². The first-order valence-electron chi connectivity index (χ1n) is 12.6. The first-order valence-corrected chi connectivity index (χ1v) is 13.0. The molecule has 3 aromatic carbocycles. The molecule has 1 amide bonds. The van der Waals surface area contributed by atoms with Gasteiger partial charge >= 0.3 is 0 Å². The van der Waals surface area contributed by atoms with Gasteiger partial charge in [-0.15, -0.1) is 0 Å². The number of carbonyl (C=O) groups is 1. The van der Waals surface area contributed by atoms with E-state index in [1.807, 2.05) is 71.6 Å². The Morgan fingerprint density at radius 1 is 0.917 bits per heavy atom. The maximum Gasteiger partial charge on any atom is 0.230 e. The molecule has 0 radical (unpaired) electrons. The summed E-state index contributed by atoms with van der Waals surface area (Å²) >= 11 is 6.14. The monoisotopic (exact) mass is 506 g/mol. The van der Waals surface area contributed by atoms with Crippen LogP contribution < -0.4 is 4.74 Å². The Morgan fingerprint density at radius 2 is 1.64 bits per heavy atom. The van der Waals surface area contributed by atoms with Crippen LogP contribution in [-0.2, 0) is 16.1 Å². The fourth-order valence-electron chi connectivity index (χ4n) is 4.73. The fourth-order valence-corrected chi connectivity index (χ4v) is 4.86. The van der Waals surface area contributed by atoms with Gasteiger partial charge in [-0.05, 0) is 47.4 Å². The highest BCUT2D eigenvalue weighted by atomic mass is 35.5. The lowest BCUT2D eigenvalue weighted by Gasteiger charge is -2.38. The van der Waals surface area contributed by atoms with Crippen LogP contribution in [0.25, 0.3) is 0 Å². The molecule has 36 heavy (non-hydrogen) atoms. The van der Waals surface area contributed by atoms with Gasteiger partial charge in [0.1, 0.15) is 5.75 Å². The van der Waals surface area contributed by atoms with E-state index in [9.17, 15) is 4.79 Å². The number of hydrogen-bond acceptors (Lipinski definition) is 4. The van der Waals surface area contributed by atoms with Gasteiger partial charge in [-0.3, -0.25) is 9.69 Å². The van der Waals surface area contributed by atoms with Crippen LogP contribution in [0.3, 0.4) is 0 Å². The number of hydrogen-bond donors (Lipinski definition) is 0. The molecule has 3 aromatic rings. The molecule has 0 bridgehead atoms. The van der Waals surface area contributed by atoms with Crippen molar-refractivity contribution in [2.45, 2.75) is 32.0 Å². The van der Waals surface area contributed by atoms with Gasteiger partial charge in [0.25, 0.3) is 0 Å². The topological polar surface area (TPSA) is 42.0 Å². The molecule has 0 N–H and O–H groups in total. The van der Waals surface area contributed by atoms with Crippen molar-refractivity contribution in [3.63, 3.8) is 0 Å². The molecule has 1 aliphatic rings. The Kier molecular flexibility index (Phi) is 9.40. The molecule has 0 aromatic heterocycles. The summed E-state index contributed by atoms with van der Waals surface area (Å²) in [5, 5.41) is 0.710. The number of ether oxygens (including phenoxy) is 2. The van der Waals surface area contributed by atoms with E-state index in [1.54, 1.807) is 7.11 Å². The summed E-state index contributed by atoms with van der Waals surface area (Å²) in [6.07, 6.45) is 0.697. The van der Waals surface area contributed by atoms with E-state index in [4.69, 9.17) is 21.1 Å². The zero-order valence-corrected chi connectivity index (χ0v) is 21.9. The fraction of sp³-hybridized carbons (Fsp3) is 0.367. The summed E-state index contributed by atoms with van der Waals surface area (Å²) < 4.78 is 11.8. The van der Waals surface area contributed by atoms with Crippen molar-refractivity contribution in [3.8, 4) is 5.75 Å². The van der Waals surface area contributed by atoms with Gasteiger partial charge in [0, 0.05) is 37.7 Å². The summed E-state index contributed by atoms with van der Waals surface area (Å²) in [5.41, 5.74) is 3.26. The van der Waals surface area contributed by atoms with Crippen molar-refractivity contribution >= 4 is 17.5 Å². The first-order chi connectivity index (χ1) is 17.6. The number of piperazine rings is 1. The molecule has 5 nitrogen and oxygen atoms in total. The van der Waals surface area contributed by atoms with Gasteiger partial charge in [-0.1, -0.05) is 73.1 Å². The van der Waals surface area contributed by atoms with Crippen molar-refractivity contribution in [1.29, 1.82) is 0 Å².